The predicted molar refractivity (Wildman–Crippen MR) is 79.9 cm³/mol. The van der Waals surface area contributed by atoms with Crippen LogP contribution in [0, 0.1) is 0 Å². The molecule has 6 nitrogen and oxygen atoms in total. The first kappa shape index (κ1) is 25.9. The fourth-order valence-electron chi connectivity index (χ4n) is 1.46. The van der Waals surface area contributed by atoms with Crippen molar-refractivity contribution in [1.29, 1.82) is 0 Å². The number of hydrogen-bond acceptors (Lipinski definition) is 6. The zero-order valence-corrected chi connectivity index (χ0v) is 18.9. The minimum atomic E-state index is -1.10. The topological polar surface area (TPSA) is 104 Å². The summed E-state index contributed by atoms with van der Waals surface area (Å²) >= 11 is 0. The molecule has 2 aromatic carbocycles. The first-order chi connectivity index (χ1) is 10.6. The van der Waals surface area contributed by atoms with E-state index in [2.05, 4.69) is 10.6 Å². The summed E-state index contributed by atoms with van der Waals surface area (Å²) in [5, 5.41) is 25.4. The van der Waals surface area contributed by atoms with Gasteiger partial charge >= 0.3 is 80.9 Å². The van der Waals surface area contributed by atoms with Crippen LogP contribution in [0.3, 0.4) is 0 Å². The molecule has 0 saturated heterocycles. The van der Waals surface area contributed by atoms with Crippen LogP contribution < -0.4 is 102 Å². The Bertz CT molecular complexity index is 532. The van der Waals surface area contributed by atoms with Crippen LogP contribution >= 0.6 is 0 Å². The molecule has 2 aromatic rings. The molecule has 0 aromatic heterocycles. The molecule has 0 aliphatic carbocycles. The summed E-state index contributed by atoms with van der Waals surface area (Å²) in [6.45, 7) is -0.298. The van der Waals surface area contributed by atoms with Gasteiger partial charge in [0.25, 0.3) is 0 Å². The molecular weight excluding hydrogens is 346 g/mol. The minimum absolute atomic E-state index is 0. The van der Waals surface area contributed by atoms with Gasteiger partial charge in [-0.2, -0.15) is 0 Å². The fourth-order valence-corrected chi connectivity index (χ4v) is 1.46. The van der Waals surface area contributed by atoms with Crippen LogP contribution in [0.25, 0.3) is 0 Å². The van der Waals surface area contributed by atoms with Crippen molar-refractivity contribution in [2.75, 3.05) is 23.7 Å². The molecule has 0 aliphatic rings. The number of carbonyl (C=O) groups is 2. The van der Waals surface area contributed by atoms with E-state index in [1.807, 2.05) is 36.4 Å². The number of hydrogen-bond donors (Lipinski definition) is 2. The van der Waals surface area contributed by atoms with Crippen molar-refractivity contribution in [2.24, 2.45) is 0 Å². The molecular formula is C16H16KN2NaO4. The maximum Gasteiger partial charge on any atom is 1.00 e. The smallest absolute Gasteiger partial charge is 0.548 e. The Balaban J connectivity index is 0. The molecule has 116 valence electrons. The summed E-state index contributed by atoms with van der Waals surface area (Å²) in [5.41, 5.74) is 1.58. The Labute approximate surface area is 205 Å². The molecule has 2 N–H and O–H groups in total. The second kappa shape index (κ2) is 16.1. The van der Waals surface area contributed by atoms with E-state index in [0.29, 0.717) is 0 Å². The van der Waals surface area contributed by atoms with Gasteiger partial charge in [0.1, 0.15) is 0 Å². The van der Waals surface area contributed by atoms with Crippen molar-refractivity contribution >= 4 is 23.3 Å². The van der Waals surface area contributed by atoms with E-state index in [1.54, 1.807) is 24.3 Å². The van der Waals surface area contributed by atoms with E-state index in [4.69, 9.17) is 0 Å². The molecule has 0 fully saturated rings. The summed E-state index contributed by atoms with van der Waals surface area (Å²) in [7, 11) is 0. The Kier molecular flexibility index (Phi) is 17.3. The predicted octanol–water partition coefficient (Wildman–Crippen LogP) is -6.30. The van der Waals surface area contributed by atoms with E-state index in [1.165, 1.54) is 0 Å². The third kappa shape index (κ3) is 14.0. The van der Waals surface area contributed by atoms with E-state index in [9.17, 15) is 19.8 Å². The number of benzene rings is 2. The SMILES string of the molecule is O=C([O-])CNc1ccccc1.O=C([O-])CNc1ccccc1.[K+].[Na+]. The van der Waals surface area contributed by atoms with Crippen molar-refractivity contribution < 1.29 is 101 Å². The van der Waals surface area contributed by atoms with Crippen LogP contribution in [0.2, 0.25) is 0 Å². The number of carboxylic acids is 2. The molecule has 2 rings (SSSR count). The monoisotopic (exact) mass is 362 g/mol. The number of carbonyl (C=O) groups excluding carboxylic acids is 2. The van der Waals surface area contributed by atoms with Gasteiger partial charge in [-0.3, -0.25) is 0 Å². The minimum Gasteiger partial charge on any atom is -0.548 e. The summed E-state index contributed by atoms with van der Waals surface area (Å²) in [6, 6.07) is 18.2. The molecule has 0 aliphatic heterocycles. The standard InChI is InChI=1S/2C8H9NO2.K.Na/c2*10-8(11)6-9-7-4-2-1-3-5-7;;/h2*1-5,9H,6H2,(H,10,11);;/q;;2*+1/p-2. The van der Waals surface area contributed by atoms with Crippen LogP contribution in [-0.2, 0) is 9.59 Å². The normalized spacial score (nSPS) is 8.33. The maximum atomic E-state index is 10.00. The van der Waals surface area contributed by atoms with Gasteiger partial charge in [-0.25, -0.2) is 0 Å². The molecule has 0 atom stereocenters. The quantitative estimate of drug-likeness (QED) is 0.496. The Morgan fingerprint density at radius 1 is 0.708 bits per heavy atom. The number of rotatable bonds is 6. The molecule has 0 saturated carbocycles. The van der Waals surface area contributed by atoms with Gasteiger partial charge < -0.3 is 30.4 Å². The molecule has 0 radical (unpaired) electrons. The van der Waals surface area contributed by atoms with E-state index >= 15 is 0 Å². The number of nitrogens with one attached hydrogen (secondary N) is 2. The van der Waals surface area contributed by atoms with Crippen LogP contribution in [-0.4, -0.2) is 25.0 Å². The first-order valence-electron chi connectivity index (χ1n) is 6.55. The average Bonchev–Trinajstić information content (AvgIpc) is 2.53. The largest absolute Gasteiger partial charge is 1.00 e. The second-order valence-electron chi connectivity index (χ2n) is 4.18. The van der Waals surface area contributed by atoms with E-state index < -0.39 is 11.9 Å². The molecule has 0 spiro atoms. The van der Waals surface area contributed by atoms with Gasteiger partial charge in [-0.1, -0.05) is 36.4 Å². The van der Waals surface area contributed by atoms with Gasteiger partial charge in [-0.05, 0) is 24.3 Å². The fraction of sp³-hybridized carbons (Fsp3) is 0.125. The average molecular weight is 362 g/mol. The van der Waals surface area contributed by atoms with Crippen molar-refractivity contribution in [3.8, 4) is 0 Å². The van der Waals surface area contributed by atoms with Gasteiger partial charge in [0, 0.05) is 11.4 Å². The van der Waals surface area contributed by atoms with Crippen LogP contribution in [0.5, 0.6) is 0 Å². The van der Waals surface area contributed by atoms with Gasteiger partial charge in [0.2, 0.25) is 0 Å². The third-order valence-electron chi connectivity index (χ3n) is 2.42. The number of para-hydroxylation sites is 2. The first-order valence-corrected chi connectivity index (χ1v) is 6.55. The third-order valence-corrected chi connectivity index (χ3v) is 2.42. The van der Waals surface area contributed by atoms with Gasteiger partial charge in [-0.15, -0.1) is 0 Å². The van der Waals surface area contributed by atoms with Crippen molar-refractivity contribution in [3.05, 3.63) is 60.7 Å². The summed E-state index contributed by atoms with van der Waals surface area (Å²) < 4.78 is 0. The Morgan fingerprint density at radius 3 is 1.25 bits per heavy atom. The number of anilines is 2. The van der Waals surface area contributed by atoms with Crippen molar-refractivity contribution in [1.82, 2.24) is 0 Å². The molecule has 0 amide bonds. The van der Waals surface area contributed by atoms with Crippen LogP contribution in [0.4, 0.5) is 11.4 Å². The van der Waals surface area contributed by atoms with Gasteiger partial charge in [0.15, 0.2) is 0 Å². The van der Waals surface area contributed by atoms with E-state index in [-0.39, 0.29) is 94.0 Å². The molecule has 8 heteroatoms. The summed E-state index contributed by atoms with van der Waals surface area (Å²) in [4.78, 5) is 20.0. The Hall–Kier alpha value is -0.384. The number of aliphatic carboxylic acids is 2. The number of carboxylic acid groups (broad SMARTS) is 2. The molecule has 0 heterocycles. The maximum absolute atomic E-state index is 10.00. The zero-order valence-electron chi connectivity index (χ0n) is 13.8. The molecule has 0 unspecified atom stereocenters. The van der Waals surface area contributed by atoms with Crippen molar-refractivity contribution in [3.63, 3.8) is 0 Å². The second-order valence-corrected chi connectivity index (χ2v) is 4.18. The molecule has 24 heavy (non-hydrogen) atoms. The zero-order chi connectivity index (χ0) is 16.2. The van der Waals surface area contributed by atoms with Crippen molar-refractivity contribution in [2.45, 2.75) is 0 Å². The van der Waals surface area contributed by atoms with Gasteiger partial charge in [0.05, 0.1) is 25.0 Å². The van der Waals surface area contributed by atoms with E-state index in [0.717, 1.165) is 11.4 Å². The Morgan fingerprint density at radius 2 is 1.00 bits per heavy atom. The summed E-state index contributed by atoms with van der Waals surface area (Å²) in [6.07, 6.45) is 0. The van der Waals surface area contributed by atoms with Crippen LogP contribution in [0.15, 0.2) is 60.7 Å². The van der Waals surface area contributed by atoms with Crippen LogP contribution in [0.1, 0.15) is 0 Å². The summed E-state index contributed by atoms with van der Waals surface area (Å²) in [5.74, 6) is -2.21. The molecule has 0 bridgehead atoms.